The largest absolute Gasteiger partial charge is 0.340 e. The Hall–Kier alpha value is -1.69. The molecule has 0 spiro atoms. The minimum Gasteiger partial charge on any atom is -0.340 e. The number of carbonyl (C=O) groups is 1. The maximum atomic E-state index is 12.4. The quantitative estimate of drug-likeness (QED) is 0.948. The molecular formula is C15H20N4OS. The first-order valence-corrected chi connectivity index (χ1v) is 8.09. The Labute approximate surface area is 128 Å². The molecule has 1 N–H and O–H groups in total. The van der Waals surface area contributed by atoms with Gasteiger partial charge in [0.1, 0.15) is 11.5 Å². The third-order valence-electron chi connectivity index (χ3n) is 3.95. The number of hydrogen-bond acceptors (Lipinski definition) is 4. The Morgan fingerprint density at radius 1 is 1.52 bits per heavy atom. The number of aromatic nitrogens is 3. The second kappa shape index (κ2) is 5.60. The number of imidazole rings is 1. The van der Waals surface area contributed by atoms with Gasteiger partial charge in [0, 0.05) is 24.4 Å². The van der Waals surface area contributed by atoms with Crippen molar-refractivity contribution in [3.8, 4) is 0 Å². The van der Waals surface area contributed by atoms with Crippen molar-refractivity contribution in [2.75, 3.05) is 13.6 Å². The highest BCUT2D eigenvalue weighted by Gasteiger charge is 2.27. The van der Waals surface area contributed by atoms with E-state index in [0.29, 0.717) is 18.2 Å². The second-order valence-electron chi connectivity index (χ2n) is 5.70. The lowest BCUT2D eigenvalue weighted by molar-refractivity contribution is 0.0777. The molecule has 0 unspecified atom stereocenters. The average molecular weight is 304 g/mol. The third-order valence-corrected chi connectivity index (χ3v) is 5.00. The molecule has 0 radical (unpaired) electrons. The molecule has 0 aliphatic heterocycles. The molecule has 112 valence electrons. The van der Waals surface area contributed by atoms with Gasteiger partial charge >= 0.3 is 0 Å². The second-order valence-corrected chi connectivity index (χ2v) is 6.99. The molecule has 2 aromatic heterocycles. The van der Waals surface area contributed by atoms with E-state index < -0.39 is 0 Å². The molecule has 0 bridgehead atoms. The number of likely N-dealkylation sites (N-methyl/N-ethyl adjacent to an activating group) is 1. The Morgan fingerprint density at radius 2 is 2.33 bits per heavy atom. The van der Waals surface area contributed by atoms with Gasteiger partial charge in [-0.2, -0.15) is 0 Å². The average Bonchev–Trinajstić information content (AvgIpc) is 3.03. The lowest BCUT2D eigenvalue weighted by atomic mass is 9.90. The van der Waals surface area contributed by atoms with Crippen LogP contribution in [0.1, 0.15) is 50.7 Å². The monoisotopic (exact) mass is 304 g/mol. The van der Waals surface area contributed by atoms with E-state index in [2.05, 4.69) is 21.9 Å². The maximum Gasteiger partial charge on any atom is 0.271 e. The Bertz CT molecular complexity index is 660. The summed E-state index contributed by atoms with van der Waals surface area (Å²) in [5, 5.41) is 1.13. The lowest BCUT2D eigenvalue weighted by Crippen LogP contribution is -2.32. The number of amides is 1. The van der Waals surface area contributed by atoms with Crippen LogP contribution in [0.5, 0.6) is 0 Å². The van der Waals surface area contributed by atoms with E-state index in [-0.39, 0.29) is 5.91 Å². The van der Waals surface area contributed by atoms with Crippen LogP contribution in [0.25, 0.3) is 0 Å². The van der Waals surface area contributed by atoms with Gasteiger partial charge in [0.2, 0.25) is 0 Å². The predicted molar refractivity (Wildman–Crippen MR) is 82.8 cm³/mol. The number of nitrogens with zero attached hydrogens (tertiary/aromatic N) is 3. The van der Waals surface area contributed by atoms with Gasteiger partial charge in [0.15, 0.2) is 0 Å². The van der Waals surface area contributed by atoms with Crippen LogP contribution >= 0.6 is 11.3 Å². The van der Waals surface area contributed by atoms with Crippen LogP contribution in [0.3, 0.4) is 0 Å². The van der Waals surface area contributed by atoms with E-state index in [1.54, 1.807) is 22.4 Å². The van der Waals surface area contributed by atoms with Gasteiger partial charge in [-0.1, -0.05) is 0 Å². The number of thiazole rings is 1. The fourth-order valence-electron chi connectivity index (χ4n) is 2.96. The van der Waals surface area contributed by atoms with Crippen LogP contribution in [0.4, 0.5) is 0 Å². The number of hydrogen-bond donors (Lipinski definition) is 1. The predicted octanol–water partition coefficient (Wildman–Crippen LogP) is 2.68. The molecule has 0 saturated heterocycles. The number of aromatic amines is 1. The number of nitrogens with one attached hydrogen (secondary N) is 1. The normalized spacial score (nSPS) is 17.6. The molecule has 6 heteroatoms. The van der Waals surface area contributed by atoms with Crippen molar-refractivity contribution in [2.24, 2.45) is 0 Å². The standard InChI is InChI=1S/C15H20N4OS/c1-9-16-7-12(17-9)15(20)19(3)8-11-5-4-6-13-14(11)18-10(2)21-13/h7,11H,4-6,8H2,1-3H3,(H,16,17)/t11-/m0/s1. The van der Waals surface area contributed by atoms with E-state index in [0.717, 1.165) is 23.7 Å². The summed E-state index contributed by atoms with van der Waals surface area (Å²) in [6.07, 6.45) is 5.03. The molecule has 5 nitrogen and oxygen atoms in total. The van der Waals surface area contributed by atoms with E-state index in [1.165, 1.54) is 17.0 Å². The fourth-order valence-corrected chi connectivity index (χ4v) is 4.02. The maximum absolute atomic E-state index is 12.4. The zero-order valence-corrected chi connectivity index (χ0v) is 13.5. The van der Waals surface area contributed by atoms with Crippen molar-refractivity contribution in [1.82, 2.24) is 19.9 Å². The highest BCUT2D eigenvalue weighted by atomic mass is 32.1. The van der Waals surface area contributed by atoms with Gasteiger partial charge < -0.3 is 9.88 Å². The Kier molecular flexibility index (Phi) is 3.80. The Balaban J connectivity index is 1.73. The summed E-state index contributed by atoms with van der Waals surface area (Å²) < 4.78 is 0. The van der Waals surface area contributed by atoms with E-state index in [4.69, 9.17) is 0 Å². The van der Waals surface area contributed by atoms with Crippen molar-refractivity contribution in [3.05, 3.63) is 33.3 Å². The van der Waals surface area contributed by atoms with Crippen LogP contribution in [-0.4, -0.2) is 39.4 Å². The highest BCUT2D eigenvalue weighted by Crippen LogP contribution is 2.35. The first kappa shape index (κ1) is 14.3. The number of H-pyrrole nitrogens is 1. The fraction of sp³-hybridized carbons (Fsp3) is 0.533. The number of fused-ring (bicyclic) bond motifs is 1. The van der Waals surface area contributed by atoms with Crippen molar-refractivity contribution in [3.63, 3.8) is 0 Å². The van der Waals surface area contributed by atoms with Gasteiger partial charge in [0.25, 0.3) is 5.91 Å². The minimum atomic E-state index is -0.00493. The molecule has 1 aliphatic carbocycles. The van der Waals surface area contributed by atoms with Gasteiger partial charge in [0.05, 0.1) is 16.9 Å². The van der Waals surface area contributed by atoms with Crippen molar-refractivity contribution in [1.29, 1.82) is 0 Å². The number of carbonyl (C=O) groups excluding carboxylic acids is 1. The molecule has 3 rings (SSSR count). The molecule has 1 atom stereocenters. The summed E-state index contributed by atoms with van der Waals surface area (Å²) in [6.45, 7) is 4.62. The molecule has 0 saturated carbocycles. The van der Waals surface area contributed by atoms with Crippen LogP contribution < -0.4 is 0 Å². The highest BCUT2D eigenvalue weighted by molar-refractivity contribution is 7.11. The zero-order valence-electron chi connectivity index (χ0n) is 12.6. The molecule has 0 fully saturated rings. The number of aryl methyl sites for hydroxylation is 3. The van der Waals surface area contributed by atoms with Crippen molar-refractivity contribution < 1.29 is 4.79 Å². The van der Waals surface area contributed by atoms with Crippen LogP contribution in [0.15, 0.2) is 6.20 Å². The van der Waals surface area contributed by atoms with E-state index >= 15 is 0 Å². The zero-order chi connectivity index (χ0) is 15.0. The summed E-state index contributed by atoms with van der Waals surface area (Å²) in [5.41, 5.74) is 1.77. The summed E-state index contributed by atoms with van der Waals surface area (Å²) in [6, 6.07) is 0. The molecule has 2 heterocycles. The summed E-state index contributed by atoms with van der Waals surface area (Å²) in [7, 11) is 1.85. The SMILES string of the molecule is Cc1ncc(C(=O)N(C)C[C@@H]2CCCc3sc(C)nc32)[nH]1. The topological polar surface area (TPSA) is 61.9 Å². The summed E-state index contributed by atoms with van der Waals surface area (Å²) in [4.78, 5) is 27.3. The molecule has 1 amide bonds. The smallest absolute Gasteiger partial charge is 0.271 e. The molecular weight excluding hydrogens is 284 g/mol. The van der Waals surface area contributed by atoms with Gasteiger partial charge in [-0.3, -0.25) is 4.79 Å². The lowest BCUT2D eigenvalue weighted by Gasteiger charge is -2.26. The van der Waals surface area contributed by atoms with Crippen LogP contribution in [-0.2, 0) is 6.42 Å². The Morgan fingerprint density at radius 3 is 3.05 bits per heavy atom. The summed E-state index contributed by atoms with van der Waals surface area (Å²) >= 11 is 1.80. The van der Waals surface area contributed by atoms with Crippen LogP contribution in [0, 0.1) is 13.8 Å². The van der Waals surface area contributed by atoms with E-state index in [1.807, 2.05) is 14.0 Å². The molecule has 0 aromatic carbocycles. The third kappa shape index (κ3) is 2.85. The first-order chi connectivity index (χ1) is 10.0. The van der Waals surface area contributed by atoms with Crippen molar-refractivity contribution >= 4 is 17.2 Å². The minimum absolute atomic E-state index is 0.00493. The van der Waals surface area contributed by atoms with E-state index in [9.17, 15) is 4.79 Å². The molecule has 21 heavy (non-hydrogen) atoms. The van der Waals surface area contributed by atoms with Gasteiger partial charge in [-0.15, -0.1) is 11.3 Å². The molecule has 1 aliphatic rings. The van der Waals surface area contributed by atoms with Gasteiger partial charge in [-0.25, -0.2) is 9.97 Å². The van der Waals surface area contributed by atoms with Crippen molar-refractivity contribution in [2.45, 2.75) is 39.0 Å². The summed E-state index contributed by atoms with van der Waals surface area (Å²) in [5.74, 6) is 1.12. The van der Waals surface area contributed by atoms with Crippen LogP contribution in [0.2, 0.25) is 0 Å². The first-order valence-electron chi connectivity index (χ1n) is 7.28. The number of rotatable bonds is 3. The van der Waals surface area contributed by atoms with Gasteiger partial charge in [-0.05, 0) is 33.1 Å². The molecule has 2 aromatic rings.